The van der Waals surface area contributed by atoms with Crippen LogP contribution in [0.2, 0.25) is 0 Å². The molecule has 0 aromatic heterocycles. The van der Waals surface area contributed by atoms with Gasteiger partial charge in [0.1, 0.15) is 5.82 Å². The van der Waals surface area contributed by atoms with Gasteiger partial charge in [-0.1, -0.05) is 18.6 Å². The molecule has 142 valence electrons. The van der Waals surface area contributed by atoms with Crippen LogP contribution < -0.4 is 10.6 Å². The van der Waals surface area contributed by atoms with E-state index in [0.717, 1.165) is 57.4 Å². The highest BCUT2D eigenvalue weighted by atomic mass is 35.5. The van der Waals surface area contributed by atoms with E-state index in [0.29, 0.717) is 0 Å². The SMILES string of the molecule is Cl.Cl.O=C(NC1CCN(Cc2ccc(F)cc2)CC1)[C@H]1CCCCN1. The summed E-state index contributed by atoms with van der Waals surface area (Å²) in [5.41, 5.74) is 1.14. The minimum absolute atomic E-state index is 0. The van der Waals surface area contributed by atoms with Gasteiger partial charge in [-0.15, -0.1) is 24.8 Å². The first-order valence-corrected chi connectivity index (χ1v) is 8.71. The number of carbonyl (C=O) groups excluding carboxylic acids is 1. The highest BCUT2D eigenvalue weighted by molar-refractivity contribution is 5.85. The zero-order valence-electron chi connectivity index (χ0n) is 14.4. The fraction of sp³-hybridized carbons (Fsp3) is 0.611. The zero-order chi connectivity index (χ0) is 16.1. The predicted octanol–water partition coefficient (Wildman–Crippen LogP) is 2.89. The van der Waals surface area contributed by atoms with E-state index in [1.165, 1.54) is 18.6 Å². The number of piperidine rings is 2. The molecule has 2 N–H and O–H groups in total. The number of carbonyl (C=O) groups is 1. The molecule has 0 aliphatic carbocycles. The molecule has 0 bridgehead atoms. The van der Waals surface area contributed by atoms with Gasteiger partial charge in [0.2, 0.25) is 5.91 Å². The van der Waals surface area contributed by atoms with E-state index in [-0.39, 0.29) is 48.6 Å². The van der Waals surface area contributed by atoms with E-state index >= 15 is 0 Å². The Balaban J connectivity index is 0.00000156. The van der Waals surface area contributed by atoms with Crippen molar-refractivity contribution in [2.45, 2.75) is 50.7 Å². The molecule has 2 saturated heterocycles. The van der Waals surface area contributed by atoms with Gasteiger partial charge in [-0.25, -0.2) is 4.39 Å². The number of nitrogens with zero attached hydrogens (tertiary/aromatic N) is 1. The van der Waals surface area contributed by atoms with E-state index in [9.17, 15) is 9.18 Å². The number of benzene rings is 1. The van der Waals surface area contributed by atoms with Gasteiger partial charge in [-0.3, -0.25) is 9.69 Å². The number of amides is 1. The van der Waals surface area contributed by atoms with Crippen molar-refractivity contribution in [2.75, 3.05) is 19.6 Å². The van der Waals surface area contributed by atoms with Crippen molar-refractivity contribution in [3.05, 3.63) is 35.6 Å². The molecule has 1 atom stereocenters. The maximum atomic E-state index is 12.9. The topological polar surface area (TPSA) is 44.4 Å². The molecule has 0 spiro atoms. The van der Waals surface area contributed by atoms with Crippen molar-refractivity contribution in [1.29, 1.82) is 0 Å². The minimum Gasteiger partial charge on any atom is -0.352 e. The van der Waals surface area contributed by atoms with Crippen molar-refractivity contribution in [3.63, 3.8) is 0 Å². The Morgan fingerprint density at radius 2 is 1.80 bits per heavy atom. The van der Waals surface area contributed by atoms with Crippen LogP contribution in [-0.4, -0.2) is 42.5 Å². The lowest BCUT2D eigenvalue weighted by Gasteiger charge is -2.33. The molecule has 2 heterocycles. The summed E-state index contributed by atoms with van der Waals surface area (Å²) in [7, 11) is 0. The van der Waals surface area contributed by atoms with E-state index in [1.54, 1.807) is 0 Å². The molecule has 1 aromatic carbocycles. The fourth-order valence-electron chi connectivity index (χ4n) is 3.46. The van der Waals surface area contributed by atoms with Gasteiger partial charge in [-0.05, 0) is 49.9 Å². The van der Waals surface area contributed by atoms with Crippen molar-refractivity contribution in [3.8, 4) is 0 Å². The molecule has 2 aliphatic rings. The smallest absolute Gasteiger partial charge is 0.237 e. The molecular formula is C18H28Cl2FN3O. The largest absolute Gasteiger partial charge is 0.352 e. The first-order valence-electron chi connectivity index (χ1n) is 8.71. The van der Waals surface area contributed by atoms with Crippen molar-refractivity contribution in [2.24, 2.45) is 0 Å². The Labute approximate surface area is 161 Å². The van der Waals surface area contributed by atoms with Crippen molar-refractivity contribution >= 4 is 30.7 Å². The number of hydrogen-bond acceptors (Lipinski definition) is 3. The number of rotatable bonds is 4. The molecule has 1 aromatic rings. The summed E-state index contributed by atoms with van der Waals surface area (Å²) in [6, 6.07) is 7.01. The van der Waals surface area contributed by atoms with Gasteiger partial charge in [0, 0.05) is 25.7 Å². The van der Waals surface area contributed by atoms with Crippen LogP contribution in [0, 0.1) is 5.82 Å². The van der Waals surface area contributed by atoms with Gasteiger partial charge in [0.05, 0.1) is 6.04 Å². The lowest BCUT2D eigenvalue weighted by molar-refractivity contribution is -0.124. The Morgan fingerprint density at radius 3 is 2.40 bits per heavy atom. The van der Waals surface area contributed by atoms with Gasteiger partial charge < -0.3 is 10.6 Å². The summed E-state index contributed by atoms with van der Waals surface area (Å²) in [4.78, 5) is 14.6. The first kappa shape index (κ1) is 22.2. The lowest BCUT2D eigenvalue weighted by atomic mass is 10.0. The molecule has 1 amide bonds. The van der Waals surface area contributed by atoms with Crippen LogP contribution in [0.4, 0.5) is 4.39 Å². The van der Waals surface area contributed by atoms with Crippen LogP contribution in [-0.2, 0) is 11.3 Å². The molecule has 25 heavy (non-hydrogen) atoms. The second-order valence-corrected chi connectivity index (χ2v) is 6.69. The number of halogens is 3. The predicted molar refractivity (Wildman–Crippen MR) is 103 cm³/mol. The molecule has 0 radical (unpaired) electrons. The van der Waals surface area contributed by atoms with E-state index in [2.05, 4.69) is 15.5 Å². The molecular weight excluding hydrogens is 364 g/mol. The number of nitrogens with one attached hydrogen (secondary N) is 2. The normalized spacial score (nSPS) is 21.7. The van der Waals surface area contributed by atoms with Crippen LogP contribution in [0.3, 0.4) is 0 Å². The summed E-state index contributed by atoms with van der Waals surface area (Å²) in [6.45, 7) is 3.75. The zero-order valence-corrected chi connectivity index (χ0v) is 16.0. The number of likely N-dealkylation sites (tertiary alicyclic amines) is 1. The van der Waals surface area contributed by atoms with E-state index in [1.807, 2.05) is 12.1 Å². The van der Waals surface area contributed by atoms with Crippen LogP contribution in [0.5, 0.6) is 0 Å². The third-order valence-electron chi connectivity index (χ3n) is 4.88. The summed E-state index contributed by atoms with van der Waals surface area (Å²) < 4.78 is 12.9. The Hall–Kier alpha value is -0.880. The molecule has 0 unspecified atom stereocenters. The highest BCUT2D eigenvalue weighted by Gasteiger charge is 2.25. The van der Waals surface area contributed by atoms with Gasteiger partial charge in [-0.2, -0.15) is 0 Å². The average Bonchev–Trinajstić information content (AvgIpc) is 2.59. The van der Waals surface area contributed by atoms with Crippen LogP contribution in [0.1, 0.15) is 37.7 Å². The Bertz CT molecular complexity index is 516. The third kappa shape index (κ3) is 6.74. The fourth-order valence-corrected chi connectivity index (χ4v) is 3.46. The molecule has 4 nitrogen and oxygen atoms in total. The second kappa shape index (κ2) is 11.0. The average molecular weight is 392 g/mol. The Kier molecular flexibility index (Phi) is 9.72. The van der Waals surface area contributed by atoms with Crippen molar-refractivity contribution in [1.82, 2.24) is 15.5 Å². The summed E-state index contributed by atoms with van der Waals surface area (Å²) in [5.74, 6) is -0.0202. The highest BCUT2D eigenvalue weighted by Crippen LogP contribution is 2.15. The summed E-state index contributed by atoms with van der Waals surface area (Å²) in [6.07, 6.45) is 5.24. The molecule has 2 fully saturated rings. The molecule has 3 rings (SSSR count). The van der Waals surface area contributed by atoms with E-state index in [4.69, 9.17) is 0 Å². The van der Waals surface area contributed by atoms with E-state index < -0.39 is 0 Å². The monoisotopic (exact) mass is 391 g/mol. The van der Waals surface area contributed by atoms with Crippen LogP contribution in [0.15, 0.2) is 24.3 Å². The Morgan fingerprint density at radius 1 is 1.12 bits per heavy atom. The molecule has 2 aliphatic heterocycles. The minimum atomic E-state index is -0.188. The first-order chi connectivity index (χ1) is 11.2. The van der Waals surface area contributed by atoms with Gasteiger partial charge in [0.15, 0.2) is 0 Å². The lowest BCUT2D eigenvalue weighted by Crippen LogP contribution is -2.52. The second-order valence-electron chi connectivity index (χ2n) is 6.69. The number of hydrogen-bond donors (Lipinski definition) is 2. The molecule has 0 saturated carbocycles. The quantitative estimate of drug-likeness (QED) is 0.828. The molecule has 7 heteroatoms. The van der Waals surface area contributed by atoms with Gasteiger partial charge in [0.25, 0.3) is 0 Å². The van der Waals surface area contributed by atoms with Gasteiger partial charge >= 0.3 is 0 Å². The summed E-state index contributed by atoms with van der Waals surface area (Å²) in [5, 5.41) is 6.50. The van der Waals surface area contributed by atoms with Crippen molar-refractivity contribution < 1.29 is 9.18 Å². The van der Waals surface area contributed by atoms with Crippen LogP contribution in [0.25, 0.3) is 0 Å². The standard InChI is InChI=1S/C18H26FN3O.2ClH/c19-15-6-4-14(5-7-15)13-22-11-8-16(9-12-22)21-18(23)17-3-1-2-10-20-17;;/h4-7,16-17,20H,1-3,8-13H2,(H,21,23);2*1H/t17-;;/m1../s1. The maximum Gasteiger partial charge on any atom is 0.237 e. The maximum absolute atomic E-state index is 12.9. The third-order valence-corrected chi connectivity index (χ3v) is 4.88. The summed E-state index contributed by atoms with van der Waals surface area (Å²) >= 11 is 0. The van der Waals surface area contributed by atoms with Crippen LogP contribution >= 0.6 is 24.8 Å².